The second kappa shape index (κ2) is 5.55. The molecule has 1 aromatic carbocycles. The average Bonchev–Trinajstić information content (AvgIpc) is 2.84. The van der Waals surface area contributed by atoms with E-state index in [1.165, 1.54) is 36.1 Å². The Morgan fingerprint density at radius 2 is 2.05 bits per heavy atom. The lowest BCUT2D eigenvalue weighted by atomic mass is 9.97. The second-order valence-electron chi connectivity index (χ2n) is 4.76. The lowest BCUT2D eigenvalue weighted by molar-refractivity contribution is 1.03. The molecule has 1 heterocycles. The van der Waals surface area contributed by atoms with Crippen LogP contribution in [0.2, 0.25) is 0 Å². The molecule has 0 N–H and O–H groups in total. The molecule has 0 saturated carbocycles. The lowest BCUT2D eigenvalue weighted by Crippen LogP contribution is -1.88. The van der Waals surface area contributed by atoms with E-state index in [0.717, 1.165) is 12.8 Å². The first-order chi connectivity index (χ1) is 9.74. The molecule has 0 amide bonds. The van der Waals surface area contributed by atoms with Crippen molar-refractivity contribution in [1.29, 1.82) is 0 Å². The number of hydrogen-bond donors (Lipinski definition) is 0. The van der Waals surface area contributed by atoms with Crippen LogP contribution in [0.3, 0.4) is 0 Å². The molecule has 1 aliphatic carbocycles. The van der Waals surface area contributed by atoms with Crippen LogP contribution in [0.4, 0.5) is 0 Å². The molecule has 3 rings (SSSR count). The zero-order chi connectivity index (χ0) is 14.1. The third-order valence-corrected chi connectivity index (χ3v) is 5.42. The van der Waals surface area contributed by atoms with E-state index in [-0.39, 0.29) is 0 Å². The zero-order valence-corrected chi connectivity index (χ0v) is 13.6. The zero-order valence-electron chi connectivity index (χ0n) is 11.2. The number of fused-ring (bicyclic) bond motifs is 1. The molecule has 2 heteroatoms. The molecule has 20 heavy (non-hydrogen) atoms. The normalized spacial score (nSPS) is 14.8. The van der Waals surface area contributed by atoms with E-state index >= 15 is 0 Å². The first-order valence-corrected chi connectivity index (χ1v) is 8.22. The maximum Gasteiger partial charge on any atom is 0.0433 e. The second-order valence-corrected chi connectivity index (χ2v) is 6.83. The quantitative estimate of drug-likeness (QED) is 0.586. The van der Waals surface area contributed by atoms with Gasteiger partial charge in [-0.2, -0.15) is 0 Å². The summed E-state index contributed by atoms with van der Waals surface area (Å²) < 4.78 is 2.60. The molecule has 0 nitrogen and oxygen atoms in total. The van der Waals surface area contributed by atoms with Crippen molar-refractivity contribution in [3.8, 4) is 0 Å². The highest BCUT2D eigenvalue weighted by Crippen LogP contribution is 2.39. The first kappa shape index (κ1) is 13.6. The molecular weight excluding hydrogens is 328 g/mol. The van der Waals surface area contributed by atoms with Crippen LogP contribution >= 0.6 is 27.3 Å². The standard InChI is InChI=1S/C18H15BrS/c1-3-14-16-10-6-9-15(18(16)20-17(14)4-2)12-7-5-8-13(19)11-12/h3-4,6-7,9-11H,1-2,5,8H2. The summed E-state index contributed by atoms with van der Waals surface area (Å²) in [5.41, 5.74) is 3.81. The molecule has 1 aliphatic rings. The fourth-order valence-electron chi connectivity index (χ4n) is 2.60. The maximum atomic E-state index is 3.94. The number of hydrogen-bond acceptors (Lipinski definition) is 1. The van der Waals surface area contributed by atoms with Gasteiger partial charge < -0.3 is 0 Å². The van der Waals surface area contributed by atoms with Crippen LogP contribution in [0.15, 0.2) is 48.0 Å². The molecule has 0 atom stereocenters. The smallest absolute Gasteiger partial charge is 0.0433 e. The Balaban J connectivity index is 2.27. The predicted molar refractivity (Wildman–Crippen MR) is 96.2 cm³/mol. The number of allylic oxidation sites excluding steroid dienone is 4. The minimum atomic E-state index is 1.09. The minimum absolute atomic E-state index is 1.09. The summed E-state index contributed by atoms with van der Waals surface area (Å²) in [6, 6.07) is 6.50. The van der Waals surface area contributed by atoms with Gasteiger partial charge in [0.25, 0.3) is 0 Å². The van der Waals surface area contributed by atoms with Crippen molar-refractivity contribution in [1.82, 2.24) is 0 Å². The van der Waals surface area contributed by atoms with Crippen molar-refractivity contribution in [2.24, 2.45) is 0 Å². The van der Waals surface area contributed by atoms with Gasteiger partial charge in [-0.05, 0) is 40.1 Å². The van der Waals surface area contributed by atoms with Gasteiger partial charge in [0.1, 0.15) is 0 Å². The van der Waals surface area contributed by atoms with Crippen molar-refractivity contribution >= 4 is 55.1 Å². The van der Waals surface area contributed by atoms with E-state index in [4.69, 9.17) is 0 Å². The van der Waals surface area contributed by atoms with Crippen LogP contribution in [0.5, 0.6) is 0 Å². The highest BCUT2D eigenvalue weighted by atomic mass is 79.9. The van der Waals surface area contributed by atoms with Crippen LogP contribution in [-0.2, 0) is 0 Å². The highest BCUT2D eigenvalue weighted by Gasteiger charge is 2.13. The summed E-state index contributed by atoms with van der Waals surface area (Å²) in [4.78, 5) is 1.20. The molecule has 0 radical (unpaired) electrons. The van der Waals surface area contributed by atoms with Crippen molar-refractivity contribution in [2.45, 2.75) is 12.8 Å². The third-order valence-electron chi connectivity index (χ3n) is 3.54. The molecule has 1 aromatic heterocycles. The monoisotopic (exact) mass is 342 g/mol. The Labute approximate surface area is 132 Å². The van der Waals surface area contributed by atoms with Gasteiger partial charge in [-0.3, -0.25) is 0 Å². The van der Waals surface area contributed by atoms with Gasteiger partial charge in [0, 0.05) is 15.0 Å². The largest absolute Gasteiger partial charge is 0.135 e. The fraction of sp³-hybridized carbons (Fsp3) is 0.111. The van der Waals surface area contributed by atoms with E-state index in [1.807, 2.05) is 12.2 Å². The molecule has 2 aromatic rings. The molecule has 0 aliphatic heterocycles. The van der Waals surface area contributed by atoms with Gasteiger partial charge in [0.2, 0.25) is 0 Å². The van der Waals surface area contributed by atoms with Crippen LogP contribution in [0.1, 0.15) is 28.8 Å². The van der Waals surface area contributed by atoms with Gasteiger partial charge in [0.05, 0.1) is 0 Å². The van der Waals surface area contributed by atoms with Crippen LogP contribution in [-0.4, -0.2) is 0 Å². The van der Waals surface area contributed by atoms with Crippen molar-refractivity contribution in [3.05, 3.63) is 64.0 Å². The Morgan fingerprint density at radius 1 is 1.20 bits per heavy atom. The van der Waals surface area contributed by atoms with Gasteiger partial charge in [0.15, 0.2) is 0 Å². The van der Waals surface area contributed by atoms with E-state index in [1.54, 1.807) is 11.3 Å². The van der Waals surface area contributed by atoms with Crippen LogP contribution in [0.25, 0.3) is 27.8 Å². The summed E-state index contributed by atoms with van der Waals surface area (Å²) in [6.07, 6.45) is 10.6. The van der Waals surface area contributed by atoms with E-state index in [0.29, 0.717) is 0 Å². The first-order valence-electron chi connectivity index (χ1n) is 6.61. The summed E-state index contributed by atoms with van der Waals surface area (Å²) in [7, 11) is 0. The Hall–Kier alpha value is -1.38. The molecule has 0 unspecified atom stereocenters. The topological polar surface area (TPSA) is 0 Å². The van der Waals surface area contributed by atoms with Gasteiger partial charge in [-0.1, -0.05) is 65.5 Å². The Bertz CT molecular complexity index is 759. The fourth-order valence-corrected chi connectivity index (χ4v) is 4.27. The van der Waals surface area contributed by atoms with Crippen LogP contribution < -0.4 is 0 Å². The number of rotatable bonds is 3. The SMILES string of the molecule is C=Cc1sc2c(C3=CCCC(Br)=C3)cccc2c1C=C. The van der Waals surface area contributed by atoms with Gasteiger partial charge in [-0.25, -0.2) is 0 Å². The maximum absolute atomic E-state index is 3.94. The van der Waals surface area contributed by atoms with Crippen molar-refractivity contribution < 1.29 is 0 Å². The summed E-state index contributed by atoms with van der Waals surface area (Å²) >= 11 is 5.42. The Morgan fingerprint density at radius 3 is 2.75 bits per heavy atom. The molecule has 100 valence electrons. The third kappa shape index (κ3) is 2.23. The Kier molecular flexibility index (Phi) is 3.77. The van der Waals surface area contributed by atoms with E-state index in [2.05, 4.69) is 59.4 Å². The highest BCUT2D eigenvalue weighted by molar-refractivity contribution is 9.11. The molecule has 0 fully saturated rings. The lowest BCUT2D eigenvalue weighted by Gasteiger charge is -2.11. The van der Waals surface area contributed by atoms with Gasteiger partial charge in [-0.15, -0.1) is 11.3 Å². The van der Waals surface area contributed by atoms with Crippen LogP contribution in [0, 0.1) is 0 Å². The number of benzene rings is 1. The van der Waals surface area contributed by atoms with Crippen molar-refractivity contribution in [3.63, 3.8) is 0 Å². The van der Waals surface area contributed by atoms with Gasteiger partial charge >= 0.3 is 0 Å². The molecular formula is C18H15BrS. The van der Waals surface area contributed by atoms with E-state index in [9.17, 15) is 0 Å². The van der Waals surface area contributed by atoms with Crippen molar-refractivity contribution in [2.75, 3.05) is 0 Å². The average molecular weight is 343 g/mol. The predicted octanol–water partition coefficient (Wildman–Crippen LogP) is 6.64. The van der Waals surface area contributed by atoms with E-state index < -0.39 is 0 Å². The molecule has 0 saturated heterocycles. The summed E-state index contributed by atoms with van der Waals surface area (Å²) in [5.74, 6) is 0. The molecule has 0 bridgehead atoms. The molecule has 0 spiro atoms. The number of thiophene rings is 1. The summed E-state index contributed by atoms with van der Waals surface area (Å²) in [5, 5.41) is 1.27. The minimum Gasteiger partial charge on any atom is -0.135 e. The summed E-state index contributed by atoms with van der Waals surface area (Å²) in [6.45, 7) is 7.86. The number of halogens is 1.